The van der Waals surface area contributed by atoms with Crippen LogP contribution >= 0.6 is 22.6 Å². The molecule has 0 aromatic heterocycles. The van der Waals surface area contributed by atoms with Crippen molar-refractivity contribution >= 4 is 40.2 Å². The summed E-state index contributed by atoms with van der Waals surface area (Å²) in [6, 6.07) is 3.15. The number of halogens is 4. The van der Waals surface area contributed by atoms with E-state index in [2.05, 4.69) is 5.32 Å². The number of benzene rings is 1. The third-order valence-corrected chi connectivity index (χ3v) is 3.87. The standard InChI is InChI=1S/C15H10F3IN2O4/c1-14(2)24-12(22)9(13(23)25-14)6-21-11-7(5-20)3-8(4-10(11)19)15(16,17)18/h3-4,6,21H,1-2H3. The highest BCUT2D eigenvalue weighted by molar-refractivity contribution is 14.1. The van der Waals surface area contributed by atoms with E-state index < -0.39 is 35.0 Å². The number of hydrogen-bond donors (Lipinski definition) is 1. The molecule has 0 saturated carbocycles. The van der Waals surface area contributed by atoms with Gasteiger partial charge in [0.2, 0.25) is 0 Å². The number of carbonyl (C=O) groups is 2. The van der Waals surface area contributed by atoms with Crippen LogP contribution in [0.5, 0.6) is 0 Å². The summed E-state index contributed by atoms with van der Waals surface area (Å²) in [6.07, 6.45) is -3.67. The first-order valence-corrected chi connectivity index (χ1v) is 7.77. The average molecular weight is 466 g/mol. The Morgan fingerprint density at radius 3 is 2.28 bits per heavy atom. The van der Waals surface area contributed by atoms with Crippen molar-refractivity contribution < 1.29 is 32.2 Å². The van der Waals surface area contributed by atoms with E-state index in [-0.39, 0.29) is 14.8 Å². The van der Waals surface area contributed by atoms with E-state index in [9.17, 15) is 22.8 Å². The van der Waals surface area contributed by atoms with Crippen molar-refractivity contribution in [2.75, 3.05) is 5.32 Å². The molecule has 6 nitrogen and oxygen atoms in total. The molecule has 132 valence electrons. The molecule has 1 saturated heterocycles. The molecule has 1 heterocycles. The van der Waals surface area contributed by atoms with Gasteiger partial charge in [0.25, 0.3) is 5.79 Å². The molecule has 0 bridgehead atoms. The maximum atomic E-state index is 12.8. The van der Waals surface area contributed by atoms with Crippen LogP contribution in [0.15, 0.2) is 23.9 Å². The van der Waals surface area contributed by atoms with E-state index in [1.54, 1.807) is 28.7 Å². The highest BCUT2D eigenvalue weighted by Gasteiger charge is 2.39. The molecule has 1 aliphatic rings. The number of cyclic esters (lactones) is 2. The summed E-state index contributed by atoms with van der Waals surface area (Å²) in [7, 11) is 0. The first-order chi connectivity index (χ1) is 11.4. The largest absolute Gasteiger partial charge is 0.419 e. The van der Waals surface area contributed by atoms with Gasteiger partial charge in [-0.1, -0.05) is 0 Å². The fourth-order valence-corrected chi connectivity index (χ4v) is 2.71. The second-order valence-corrected chi connectivity index (χ2v) is 6.53. The molecule has 0 aliphatic carbocycles. The second-order valence-electron chi connectivity index (χ2n) is 5.37. The van der Waals surface area contributed by atoms with Gasteiger partial charge in [0, 0.05) is 23.6 Å². The number of carbonyl (C=O) groups excluding carboxylic acids is 2. The smallest absolute Gasteiger partial charge is 0.416 e. The topological polar surface area (TPSA) is 88.4 Å². The van der Waals surface area contributed by atoms with E-state index in [4.69, 9.17) is 14.7 Å². The van der Waals surface area contributed by atoms with Gasteiger partial charge in [0.15, 0.2) is 5.57 Å². The van der Waals surface area contributed by atoms with Gasteiger partial charge in [0.05, 0.1) is 16.8 Å². The van der Waals surface area contributed by atoms with Crippen molar-refractivity contribution in [1.82, 2.24) is 0 Å². The van der Waals surface area contributed by atoms with E-state index in [0.717, 1.165) is 12.3 Å². The van der Waals surface area contributed by atoms with E-state index in [1.807, 2.05) is 0 Å². The van der Waals surface area contributed by atoms with Gasteiger partial charge < -0.3 is 14.8 Å². The third kappa shape index (κ3) is 4.22. The number of anilines is 1. The van der Waals surface area contributed by atoms with Gasteiger partial charge in [-0.2, -0.15) is 18.4 Å². The van der Waals surface area contributed by atoms with Gasteiger partial charge in [-0.15, -0.1) is 0 Å². The predicted molar refractivity (Wildman–Crippen MR) is 86.8 cm³/mol. The molecule has 1 aromatic carbocycles. The predicted octanol–water partition coefficient (Wildman–Crippen LogP) is 3.31. The Kier molecular flexibility index (Phi) is 4.99. The van der Waals surface area contributed by atoms with Crippen molar-refractivity contribution in [3.8, 4) is 6.07 Å². The van der Waals surface area contributed by atoms with Gasteiger partial charge >= 0.3 is 18.1 Å². The van der Waals surface area contributed by atoms with Crippen molar-refractivity contribution in [3.63, 3.8) is 0 Å². The van der Waals surface area contributed by atoms with E-state index in [0.29, 0.717) is 6.07 Å². The Balaban J connectivity index is 2.37. The first-order valence-electron chi connectivity index (χ1n) is 6.69. The van der Waals surface area contributed by atoms with Crippen LogP contribution in [0.25, 0.3) is 0 Å². The molecular formula is C15H10F3IN2O4. The van der Waals surface area contributed by atoms with Crippen LogP contribution in [0.3, 0.4) is 0 Å². The molecule has 0 spiro atoms. The van der Waals surface area contributed by atoms with Crippen LogP contribution in [0, 0.1) is 14.9 Å². The Hall–Kier alpha value is -2.29. The molecule has 1 fully saturated rings. The maximum absolute atomic E-state index is 12.8. The molecule has 1 aromatic rings. The number of alkyl halides is 3. The number of rotatable bonds is 2. The summed E-state index contributed by atoms with van der Waals surface area (Å²) in [5, 5.41) is 11.6. The SMILES string of the molecule is CC1(C)OC(=O)C(=CNc2c(I)cc(C(F)(F)F)cc2C#N)C(=O)O1. The number of esters is 2. The molecule has 1 N–H and O–H groups in total. The first kappa shape index (κ1) is 19.0. The van der Waals surface area contributed by atoms with E-state index in [1.165, 1.54) is 13.8 Å². The normalized spacial score (nSPS) is 16.6. The summed E-state index contributed by atoms with van der Waals surface area (Å²) in [6.45, 7) is 2.75. The lowest BCUT2D eigenvalue weighted by Gasteiger charge is -2.29. The average Bonchev–Trinajstić information content (AvgIpc) is 2.44. The molecule has 10 heteroatoms. The summed E-state index contributed by atoms with van der Waals surface area (Å²) in [5.74, 6) is -3.31. The van der Waals surface area contributed by atoms with Crippen LogP contribution in [0.1, 0.15) is 25.0 Å². The Morgan fingerprint density at radius 2 is 1.80 bits per heavy atom. The summed E-state index contributed by atoms with van der Waals surface area (Å²) < 4.78 is 48.3. The molecule has 0 radical (unpaired) electrons. The summed E-state index contributed by atoms with van der Waals surface area (Å²) >= 11 is 1.61. The lowest BCUT2D eigenvalue weighted by Crippen LogP contribution is -2.42. The zero-order chi connectivity index (χ0) is 19.0. The zero-order valence-corrected chi connectivity index (χ0v) is 15.0. The molecule has 2 rings (SSSR count). The molecular weight excluding hydrogens is 456 g/mol. The van der Waals surface area contributed by atoms with Gasteiger partial charge in [-0.25, -0.2) is 9.59 Å². The summed E-state index contributed by atoms with van der Waals surface area (Å²) in [5.41, 5.74) is -1.73. The number of nitrogens with zero attached hydrogens (tertiary/aromatic N) is 1. The van der Waals surface area contributed by atoms with Gasteiger partial charge in [-0.3, -0.25) is 0 Å². The molecule has 25 heavy (non-hydrogen) atoms. The van der Waals surface area contributed by atoms with Crippen molar-refractivity contribution in [3.05, 3.63) is 38.6 Å². The van der Waals surface area contributed by atoms with Crippen molar-refractivity contribution in [2.24, 2.45) is 0 Å². The van der Waals surface area contributed by atoms with Crippen LogP contribution in [-0.4, -0.2) is 17.7 Å². The molecule has 0 atom stereocenters. The Bertz CT molecular complexity index is 803. The van der Waals surface area contributed by atoms with Gasteiger partial charge in [-0.05, 0) is 34.7 Å². The minimum absolute atomic E-state index is 0.0223. The maximum Gasteiger partial charge on any atom is 0.416 e. The van der Waals surface area contributed by atoms with Gasteiger partial charge in [0.1, 0.15) is 6.07 Å². The minimum Gasteiger partial charge on any atom is -0.419 e. The fraction of sp³-hybridized carbons (Fsp3) is 0.267. The monoisotopic (exact) mass is 466 g/mol. The van der Waals surface area contributed by atoms with Crippen LogP contribution in [0.2, 0.25) is 0 Å². The minimum atomic E-state index is -4.61. The Labute approximate surface area is 153 Å². The molecule has 0 amide bonds. The third-order valence-electron chi connectivity index (χ3n) is 3.02. The Morgan fingerprint density at radius 1 is 1.24 bits per heavy atom. The lowest BCUT2D eigenvalue weighted by atomic mass is 10.1. The fourth-order valence-electron chi connectivity index (χ4n) is 1.93. The highest BCUT2D eigenvalue weighted by Crippen LogP contribution is 2.34. The number of hydrogen-bond acceptors (Lipinski definition) is 6. The molecule has 1 aliphatic heterocycles. The number of nitriles is 1. The zero-order valence-electron chi connectivity index (χ0n) is 12.8. The summed E-state index contributed by atoms with van der Waals surface area (Å²) in [4.78, 5) is 23.6. The van der Waals surface area contributed by atoms with Crippen molar-refractivity contribution in [1.29, 1.82) is 5.26 Å². The second kappa shape index (κ2) is 6.55. The number of nitrogens with one attached hydrogen (secondary N) is 1. The highest BCUT2D eigenvalue weighted by atomic mass is 127. The number of ether oxygens (including phenoxy) is 2. The van der Waals surface area contributed by atoms with Crippen molar-refractivity contribution in [2.45, 2.75) is 25.8 Å². The lowest BCUT2D eigenvalue weighted by molar-refractivity contribution is -0.222. The van der Waals surface area contributed by atoms with Crippen LogP contribution in [-0.2, 0) is 25.2 Å². The van der Waals surface area contributed by atoms with Crippen LogP contribution in [0.4, 0.5) is 18.9 Å². The molecule has 0 unspecified atom stereocenters. The van der Waals surface area contributed by atoms with E-state index >= 15 is 0 Å². The quantitative estimate of drug-likeness (QED) is 0.312. The van der Waals surface area contributed by atoms with Crippen LogP contribution < -0.4 is 5.32 Å².